The summed E-state index contributed by atoms with van der Waals surface area (Å²) in [5.41, 5.74) is 4.54. The highest BCUT2D eigenvalue weighted by atomic mass is 16.5. The van der Waals surface area contributed by atoms with Crippen molar-refractivity contribution in [2.45, 2.75) is 26.2 Å². The molecule has 0 radical (unpaired) electrons. The molecule has 2 aromatic rings. The Balaban J connectivity index is 1.79. The highest BCUT2D eigenvalue weighted by Crippen LogP contribution is 2.21. The molecular formula is C20H24N2O3. The Morgan fingerprint density at radius 1 is 1.20 bits per heavy atom. The van der Waals surface area contributed by atoms with E-state index in [1.165, 1.54) is 5.56 Å². The predicted octanol–water partition coefficient (Wildman–Crippen LogP) is 3.74. The highest BCUT2D eigenvalue weighted by molar-refractivity contribution is 5.83. The number of carbonyl (C=O) groups excluding carboxylic acids is 1. The van der Waals surface area contributed by atoms with Gasteiger partial charge >= 0.3 is 0 Å². The van der Waals surface area contributed by atoms with Crippen LogP contribution in [0.5, 0.6) is 11.5 Å². The molecule has 5 heteroatoms. The summed E-state index contributed by atoms with van der Waals surface area (Å²) < 4.78 is 10.6. The van der Waals surface area contributed by atoms with Crippen molar-refractivity contribution in [3.63, 3.8) is 0 Å². The molecule has 1 N–H and O–H groups in total. The molecule has 0 saturated heterocycles. The summed E-state index contributed by atoms with van der Waals surface area (Å²) in [6, 6.07) is 15.2. The van der Waals surface area contributed by atoms with E-state index < -0.39 is 0 Å². The SMILES string of the molecule is CCC(C)c1ccc(OCC(=O)N/N=C/c2cccc(OC)c2)cc1. The zero-order valence-corrected chi connectivity index (χ0v) is 14.9. The van der Waals surface area contributed by atoms with E-state index in [-0.39, 0.29) is 12.5 Å². The molecule has 0 spiro atoms. The highest BCUT2D eigenvalue weighted by Gasteiger charge is 2.04. The van der Waals surface area contributed by atoms with E-state index in [1.807, 2.05) is 48.5 Å². The standard InChI is InChI=1S/C20H24N2O3/c1-4-15(2)17-8-10-18(11-9-17)25-14-20(23)22-21-13-16-6-5-7-19(12-16)24-3/h5-13,15H,4,14H2,1-3H3,(H,22,23)/b21-13+. The van der Waals surface area contributed by atoms with Gasteiger partial charge in [0, 0.05) is 0 Å². The number of nitrogens with zero attached hydrogens (tertiary/aromatic N) is 1. The predicted molar refractivity (Wildman–Crippen MR) is 99.4 cm³/mol. The molecular weight excluding hydrogens is 316 g/mol. The van der Waals surface area contributed by atoms with Crippen LogP contribution in [0.15, 0.2) is 53.6 Å². The number of hydrazone groups is 1. The number of carbonyl (C=O) groups is 1. The van der Waals surface area contributed by atoms with Gasteiger partial charge < -0.3 is 9.47 Å². The average Bonchev–Trinajstić information content (AvgIpc) is 2.66. The van der Waals surface area contributed by atoms with Crippen LogP contribution in [-0.4, -0.2) is 25.8 Å². The van der Waals surface area contributed by atoms with Crippen LogP contribution in [0.4, 0.5) is 0 Å². The van der Waals surface area contributed by atoms with Crippen molar-refractivity contribution in [3.05, 3.63) is 59.7 Å². The number of methoxy groups -OCH3 is 1. The maximum absolute atomic E-state index is 11.8. The van der Waals surface area contributed by atoms with E-state index in [4.69, 9.17) is 9.47 Å². The van der Waals surface area contributed by atoms with E-state index in [0.29, 0.717) is 11.7 Å². The second-order valence-electron chi connectivity index (χ2n) is 5.74. The fraction of sp³-hybridized carbons (Fsp3) is 0.300. The van der Waals surface area contributed by atoms with Crippen molar-refractivity contribution in [1.29, 1.82) is 0 Å². The Kier molecular flexibility index (Phi) is 7.01. The molecule has 5 nitrogen and oxygen atoms in total. The normalized spacial score (nSPS) is 12.0. The lowest BCUT2D eigenvalue weighted by Crippen LogP contribution is -2.24. The van der Waals surface area contributed by atoms with Crippen molar-refractivity contribution in [2.75, 3.05) is 13.7 Å². The maximum atomic E-state index is 11.8. The average molecular weight is 340 g/mol. The molecule has 132 valence electrons. The molecule has 0 heterocycles. The molecule has 0 aliphatic carbocycles. The Morgan fingerprint density at radius 2 is 1.96 bits per heavy atom. The molecule has 2 rings (SSSR count). The minimum absolute atomic E-state index is 0.0852. The molecule has 1 amide bonds. The lowest BCUT2D eigenvalue weighted by Gasteiger charge is -2.10. The van der Waals surface area contributed by atoms with Crippen LogP contribution in [0, 0.1) is 0 Å². The van der Waals surface area contributed by atoms with Gasteiger partial charge in [0.15, 0.2) is 6.61 Å². The lowest BCUT2D eigenvalue weighted by atomic mass is 9.99. The number of ether oxygens (including phenoxy) is 2. The molecule has 0 aliphatic rings. The second-order valence-corrected chi connectivity index (χ2v) is 5.74. The largest absolute Gasteiger partial charge is 0.497 e. The molecule has 0 aliphatic heterocycles. The number of nitrogens with one attached hydrogen (secondary N) is 1. The maximum Gasteiger partial charge on any atom is 0.277 e. The zero-order valence-electron chi connectivity index (χ0n) is 14.9. The van der Waals surface area contributed by atoms with Gasteiger partial charge in [-0.1, -0.05) is 38.1 Å². The van der Waals surface area contributed by atoms with E-state index in [9.17, 15) is 4.79 Å². The van der Waals surface area contributed by atoms with Gasteiger partial charge in [-0.15, -0.1) is 0 Å². The third-order valence-electron chi connectivity index (χ3n) is 3.93. The summed E-state index contributed by atoms with van der Waals surface area (Å²) >= 11 is 0. The molecule has 1 atom stereocenters. The molecule has 0 aromatic heterocycles. The fourth-order valence-electron chi connectivity index (χ4n) is 2.21. The van der Waals surface area contributed by atoms with Crippen LogP contribution in [0.3, 0.4) is 0 Å². The van der Waals surface area contributed by atoms with E-state index >= 15 is 0 Å². The van der Waals surface area contributed by atoms with Crippen LogP contribution < -0.4 is 14.9 Å². The summed E-state index contributed by atoms with van der Waals surface area (Å²) in [5, 5.41) is 3.92. The van der Waals surface area contributed by atoms with Crippen molar-refractivity contribution in [1.82, 2.24) is 5.43 Å². The summed E-state index contributed by atoms with van der Waals surface area (Å²) in [5.74, 6) is 1.60. The molecule has 1 unspecified atom stereocenters. The van der Waals surface area contributed by atoms with Crippen LogP contribution in [-0.2, 0) is 4.79 Å². The first-order valence-electron chi connectivity index (χ1n) is 8.31. The fourth-order valence-corrected chi connectivity index (χ4v) is 2.21. The topological polar surface area (TPSA) is 59.9 Å². The summed E-state index contributed by atoms with van der Waals surface area (Å²) in [7, 11) is 1.60. The van der Waals surface area contributed by atoms with Gasteiger partial charge in [-0.05, 0) is 47.7 Å². The van der Waals surface area contributed by atoms with Crippen molar-refractivity contribution >= 4 is 12.1 Å². The van der Waals surface area contributed by atoms with E-state index in [1.54, 1.807) is 13.3 Å². The van der Waals surface area contributed by atoms with Gasteiger partial charge in [-0.25, -0.2) is 5.43 Å². The number of benzene rings is 2. The smallest absolute Gasteiger partial charge is 0.277 e. The van der Waals surface area contributed by atoms with Crippen LogP contribution in [0.2, 0.25) is 0 Å². The summed E-state index contributed by atoms with van der Waals surface area (Å²) in [4.78, 5) is 11.8. The van der Waals surface area contributed by atoms with Crippen LogP contribution in [0.25, 0.3) is 0 Å². The minimum atomic E-state index is -0.315. The van der Waals surface area contributed by atoms with Gasteiger partial charge in [0.1, 0.15) is 11.5 Å². The Hall–Kier alpha value is -2.82. The van der Waals surface area contributed by atoms with Gasteiger partial charge in [-0.2, -0.15) is 5.10 Å². The van der Waals surface area contributed by atoms with Crippen LogP contribution >= 0.6 is 0 Å². The Labute approximate surface area is 148 Å². The third-order valence-corrected chi connectivity index (χ3v) is 3.93. The molecule has 0 fully saturated rings. The van der Waals surface area contributed by atoms with E-state index in [0.717, 1.165) is 17.7 Å². The van der Waals surface area contributed by atoms with Crippen molar-refractivity contribution in [3.8, 4) is 11.5 Å². The first-order valence-corrected chi connectivity index (χ1v) is 8.31. The minimum Gasteiger partial charge on any atom is -0.497 e. The number of rotatable bonds is 8. The molecule has 25 heavy (non-hydrogen) atoms. The van der Waals surface area contributed by atoms with Crippen molar-refractivity contribution in [2.24, 2.45) is 5.10 Å². The third kappa shape index (κ3) is 5.95. The quantitative estimate of drug-likeness (QED) is 0.588. The van der Waals surface area contributed by atoms with Crippen LogP contribution in [0.1, 0.15) is 37.3 Å². The van der Waals surface area contributed by atoms with Gasteiger partial charge in [-0.3, -0.25) is 4.79 Å². The lowest BCUT2D eigenvalue weighted by molar-refractivity contribution is -0.123. The second kappa shape index (κ2) is 9.47. The monoisotopic (exact) mass is 340 g/mol. The zero-order chi connectivity index (χ0) is 18.1. The molecule has 2 aromatic carbocycles. The van der Waals surface area contributed by atoms with Crippen molar-refractivity contribution < 1.29 is 14.3 Å². The Morgan fingerprint density at radius 3 is 2.64 bits per heavy atom. The number of hydrogen-bond donors (Lipinski definition) is 1. The van der Waals surface area contributed by atoms with Gasteiger partial charge in [0.05, 0.1) is 13.3 Å². The number of hydrogen-bond acceptors (Lipinski definition) is 4. The van der Waals surface area contributed by atoms with Gasteiger partial charge in [0.25, 0.3) is 5.91 Å². The number of amides is 1. The summed E-state index contributed by atoms with van der Waals surface area (Å²) in [6.07, 6.45) is 2.65. The first kappa shape index (κ1) is 18.5. The summed E-state index contributed by atoms with van der Waals surface area (Å²) in [6.45, 7) is 4.26. The first-order chi connectivity index (χ1) is 12.1. The molecule has 0 bridgehead atoms. The van der Waals surface area contributed by atoms with E-state index in [2.05, 4.69) is 24.4 Å². The Bertz CT molecular complexity index is 711. The van der Waals surface area contributed by atoms with Gasteiger partial charge in [0.2, 0.25) is 0 Å². The molecule has 0 saturated carbocycles.